The van der Waals surface area contributed by atoms with E-state index < -0.39 is 5.60 Å². The minimum absolute atomic E-state index is 0.197. The standard InChI is InChI=1S/C10H17N3OS/c1-7(2)10(3,14)6-15-9-8(11)12-4-5-13-9/h4-5,7,14H,6H2,1-3H3,(H2,11,12). The summed E-state index contributed by atoms with van der Waals surface area (Å²) >= 11 is 1.43. The SMILES string of the molecule is CC(C)C(C)(O)CSc1nccnc1N. The van der Waals surface area contributed by atoms with E-state index in [4.69, 9.17) is 5.73 Å². The topological polar surface area (TPSA) is 72.0 Å². The van der Waals surface area contributed by atoms with Crippen molar-refractivity contribution in [2.45, 2.75) is 31.4 Å². The van der Waals surface area contributed by atoms with Crippen LogP contribution in [0.15, 0.2) is 17.4 Å². The predicted molar refractivity (Wildman–Crippen MR) is 62.6 cm³/mol. The Labute approximate surface area is 94.3 Å². The second kappa shape index (κ2) is 4.81. The van der Waals surface area contributed by atoms with Crippen molar-refractivity contribution in [3.63, 3.8) is 0 Å². The van der Waals surface area contributed by atoms with Crippen molar-refractivity contribution in [3.05, 3.63) is 12.4 Å². The highest BCUT2D eigenvalue weighted by molar-refractivity contribution is 7.99. The van der Waals surface area contributed by atoms with E-state index in [9.17, 15) is 5.11 Å². The normalized spacial score (nSPS) is 15.3. The number of nitrogens with two attached hydrogens (primary N) is 1. The third-order valence-corrected chi connectivity index (χ3v) is 3.75. The van der Waals surface area contributed by atoms with E-state index in [0.29, 0.717) is 16.6 Å². The number of hydrogen-bond acceptors (Lipinski definition) is 5. The first-order chi connectivity index (χ1) is 6.93. The van der Waals surface area contributed by atoms with Gasteiger partial charge >= 0.3 is 0 Å². The smallest absolute Gasteiger partial charge is 0.156 e. The number of thioether (sulfide) groups is 1. The number of nitrogen functional groups attached to an aromatic ring is 1. The van der Waals surface area contributed by atoms with Gasteiger partial charge in [0.25, 0.3) is 0 Å². The molecule has 0 spiro atoms. The lowest BCUT2D eigenvalue weighted by atomic mass is 9.95. The van der Waals surface area contributed by atoms with E-state index in [0.717, 1.165) is 0 Å². The second-order valence-electron chi connectivity index (χ2n) is 4.05. The van der Waals surface area contributed by atoms with Gasteiger partial charge in [0.05, 0.1) is 5.60 Å². The Hall–Kier alpha value is -0.810. The lowest BCUT2D eigenvalue weighted by Gasteiger charge is -2.26. The monoisotopic (exact) mass is 227 g/mol. The third-order valence-electron chi connectivity index (χ3n) is 2.44. The minimum Gasteiger partial charge on any atom is -0.389 e. The highest BCUT2D eigenvalue weighted by Crippen LogP contribution is 2.27. The molecule has 1 unspecified atom stereocenters. The molecule has 84 valence electrons. The molecule has 1 aromatic rings. The molecule has 1 atom stereocenters. The molecule has 0 saturated heterocycles. The molecular formula is C10H17N3OS. The Morgan fingerprint density at radius 1 is 1.47 bits per heavy atom. The van der Waals surface area contributed by atoms with Gasteiger partial charge in [0.1, 0.15) is 5.03 Å². The molecule has 1 heterocycles. The second-order valence-corrected chi connectivity index (χ2v) is 5.01. The zero-order valence-electron chi connectivity index (χ0n) is 9.27. The molecule has 0 fully saturated rings. The van der Waals surface area contributed by atoms with Gasteiger partial charge in [0.2, 0.25) is 0 Å². The molecule has 0 aliphatic carbocycles. The number of anilines is 1. The van der Waals surface area contributed by atoms with Crippen molar-refractivity contribution in [2.24, 2.45) is 5.92 Å². The Bertz CT molecular complexity index is 328. The lowest BCUT2D eigenvalue weighted by molar-refractivity contribution is 0.0376. The van der Waals surface area contributed by atoms with Crippen molar-refractivity contribution in [2.75, 3.05) is 11.5 Å². The molecule has 0 aromatic carbocycles. The van der Waals surface area contributed by atoms with E-state index in [1.54, 1.807) is 12.4 Å². The highest BCUT2D eigenvalue weighted by atomic mass is 32.2. The summed E-state index contributed by atoms with van der Waals surface area (Å²) in [5.41, 5.74) is 4.94. The molecule has 1 aromatic heterocycles. The summed E-state index contributed by atoms with van der Waals surface area (Å²) in [7, 11) is 0. The molecule has 0 saturated carbocycles. The summed E-state index contributed by atoms with van der Waals surface area (Å²) in [6.45, 7) is 5.79. The Morgan fingerprint density at radius 2 is 2.07 bits per heavy atom. The minimum atomic E-state index is -0.714. The average Bonchev–Trinajstić information content (AvgIpc) is 2.16. The van der Waals surface area contributed by atoms with Gasteiger partial charge in [0, 0.05) is 18.1 Å². The van der Waals surface area contributed by atoms with Crippen LogP contribution in [-0.4, -0.2) is 26.4 Å². The largest absolute Gasteiger partial charge is 0.389 e. The summed E-state index contributed by atoms with van der Waals surface area (Å²) in [6.07, 6.45) is 3.16. The third kappa shape index (κ3) is 3.35. The van der Waals surface area contributed by atoms with Crippen molar-refractivity contribution < 1.29 is 5.11 Å². The fourth-order valence-electron chi connectivity index (χ4n) is 0.828. The van der Waals surface area contributed by atoms with Gasteiger partial charge in [-0.1, -0.05) is 25.6 Å². The number of rotatable bonds is 4. The van der Waals surface area contributed by atoms with Gasteiger partial charge in [-0.25, -0.2) is 9.97 Å². The van der Waals surface area contributed by atoms with Gasteiger partial charge in [-0.3, -0.25) is 0 Å². The van der Waals surface area contributed by atoms with Crippen LogP contribution in [0.4, 0.5) is 5.82 Å². The maximum atomic E-state index is 10.0. The summed E-state index contributed by atoms with van der Waals surface area (Å²) in [4.78, 5) is 8.04. The van der Waals surface area contributed by atoms with Gasteiger partial charge in [-0.05, 0) is 12.8 Å². The fourth-order valence-corrected chi connectivity index (χ4v) is 1.93. The van der Waals surface area contributed by atoms with Gasteiger partial charge < -0.3 is 10.8 Å². The van der Waals surface area contributed by atoms with E-state index >= 15 is 0 Å². The van der Waals surface area contributed by atoms with Crippen LogP contribution in [0.25, 0.3) is 0 Å². The maximum absolute atomic E-state index is 10.0. The summed E-state index contributed by atoms with van der Waals surface area (Å²) in [5.74, 6) is 1.18. The zero-order valence-corrected chi connectivity index (χ0v) is 10.1. The molecule has 0 radical (unpaired) electrons. The van der Waals surface area contributed by atoms with Crippen LogP contribution in [0, 0.1) is 5.92 Å². The van der Waals surface area contributed by atoms with Crippen molar-refractivity contribution in [1.29, 1.82) is 0 Å². The molecule has 0 aliphatic rings. The molecule has 0 bridgehead atoms. The fraction of sp³-hybridized carbons (Fsp3) is 0.600. The number of hydrogen-bond donors (Lipinski definition) is 2. The van der Waals surface area contributed by atoms with Crippen LogP contribution in [0.5, 0.6) is 0 Å². The van der Waals surface area contributed by atoms with Crippen LogP contribution < -0.4 is 5.73 Å². The Morgan fingerprint density at radius 3 is 2.60 bits per heavy atom. The Balaban J connectivity index is 2.62. The number of aliphatic hydroxyl groups is 1. The first-order valence-electron chi connectivity index (χ1n) is 4.85. The molecule has 15 heavy (non-hydrogen) atoms. The average molecular weight is 227 g/mol. The first-order valence-corrected chi connectivity index (χ1v) is 5.83. The van der Waals surface area contributed by atoms with Gasteiger partial charge in [0.15, 0.2) is 5.82 Å². The number of nitrogens with zero attached hydrogens (tertiary/aromatic N) is 2. The quantitative estimate of drug-likeness (QED) is 0.764. The first kappa shape index (κ1) is 12.3. The van der Waals surface area contributed by atoms with E-state index in [2.05, 4.69) is 9.97 Å². The Kier molecular flexibility index (Phi) is 3.93. The predicted octanol–water partition coefficient (Wildman–Crippen LogP) is 1.56. The van der Waals surface area contributed by atoms with Crippen LogP contribution >= 0.6 is 11.8 Å². The lowest BCUT2D eigenvalue weighted by Crippen LogP contribution is -2.33. The van der Waals surface area contributed by atoms with Gasteiger partial charge in [-0.2, -0.15) is 0 Å². The highest BCUT2D eigenvalue weighted by Gasteiger charge is 2.25. The van der Waals surface area contributed by atoms with Crippen molar-refractivity contribution in [1.82, 2.24) is 9.97 Å². The molecule has 5 heteroatoms. The molecule has 4 nitrogen and oxygen atoms in total. The molecule has 1 rings (SSSR count). The molecular weight excluding hydrogens is 210 g/mol. The van der Waals surface area contributed by atoms with Crippen LogP contribution in [0.1, 0.15) is 20.8 Å². The molecule has 0 amide bonds. The summed E-state index contributed by atoms with van der Waals surface area (Å²) in [5, 5.41) is 10.7. The number of aromatic nitrogens is 2. The van der Waals surface area contributed by atoms with E-state index in [1.807, 2.05) is 20.8 Å². The molecule has 0 aliphatic heterocycles. The van der Waals surface area contributed by atoms with Crippen molar-refractivity contribution >= 4 is 17.6 Å². The van der Waals surface area contributed by atoms with E-state index in [-0.39, 0.29) is 5.92 Å². The van der Waals surface area contributed by atoms with Gasteiger partial charge in [-0.15, -0.1) is 0 Å². The van der Waals surface area contributed by atoms with Crippen LogP contribution in [-0.2, 0) is 0 Å². The van der Waals surface area contributed by atoms with Crippen LogP contribution in [0.3, 0.4) is 0 Å². The summed E-state index contributed by atoms with van der Waals surface area (Å²) in [6, 6.07) is 0. The van der Waals surface area contributed by atoms with E-state index in [1.165, 1.54) is 11.8 Å². The maximum Gasteiger partial charge on any atom is 0.156 e. The van der Waals surface area contributed by atoms with Crippen molar-refractivity contribution in [3.8, 4) is 0 Å². The molecule has 3 N–H and O–H groups in total. The van der Waals surface area contributed by atoms with Crippen LogP contribution in [0.2, 0.25) is 0 Å². The summed E-state index contributed by atoms with van der Waals surface area (Å²) < 4.78 is 0. The zero-order chi connectivity index (χ0) is 11.5.